The molecule has 11 heteroatoms. The summed E-state index contributed by atoms with van der Waals surface area (Å²) < 4.78 is 61.3. The van der Waals surface area contributed by atoms with Crippen LogP contribution < -0.4 is 15.0 Å². The summed E-state index contributed by atoms with van der Waals surface area (Å²) in [5, 5.41) is 3.34. The van der Waals surface area contributed by atoms with E-state index in [9.17, 15) is 22.4 Å². The lowest BCUT2D eigenvalue weighted by Crippen LogP contribution is -2.44. The molecule has 1 N–H and O–H groups in total. The number of benzene rings is 2. The van der Waals surface area contributed by atoms with E-state index >= 15 is 0 Å². The average molecular weight is 562 g/mol. The van der Waals surface area contributed by atoms with Gasteiger partial charge in [-0.2, -0.15) is 13.2 Å². The number of anilines is 1. The number of ether oxygens (including phenoxy) is 1. The number of nitrogens with zero attached hydrogens (tertiary/aromatic N) is 4. The van der Waals surface area contributed by atoms with E-state index in [0.717, 1.165) is 56.5 Å². The van der Waals surface area contributed by atoms with Crippen LogP contribution in [-0.4, -0.2) is 65.9 Å². The molecule has 2 aliphatic rings. The summed E-state index contributed by atoms with van der Waals surface area (Å²) in [5.41, 5.74) is 4.16. The molecule has 7 nitrogen and oxygen atoms in total. The molecule has 2 aliphatic heterocycles. The predicted molar refractivity (Wildman–Crippen MR) is 145 cm³/mol. The highest BCUT2D eigenvalue weighted by atomic mass is 19.4. The summed E-state index contributed by atoms with van der Waals surface area (Å²) in [4.78, 5) is 21.3. The summed E-state index contributed by atoms with van der Waals surface area (Å²) >= 11 is 0. The number of carbonyl (C=O) groups excluding carboxylic acids is 1. The molecule has 0 atom stereocenters. The molecule has 0 bridgehead atoms. The van der Waals surface area contributed by atoms with Crippen LogP contribution in [0.25, 0.3) is 11.0 Å². The van der Waals surface area contributed by atoms with Gasteiger partial charge in [-0.25, -0.2) is 14.2 Å². The molecule has 0 amide bonds. The molecule has 3 aromatic rings. The Morgan fingerprint density at radius 2 is 1.60 bits per heavy atom. The Hall–Kier alpha value is -3.18. The van der Waals surface area contributed by atoms with E-state index in [1.165, 1.54) is 0 Å². The van der Waals surface area contributed by atoms with Gasteiger partial charge in [-0.1, -0.05) is 18.6 Å². The van der Waals surface area contributed by atoms with Crippen molar-refractivity contribution in [3.63, 3.8) is 0 Å². The topological polar surface area (TPSA) is 62.6 Å². The fraction of sp³-hybridized carbons (Fsp3) is 0.517. The summed E-state index contributed by atoms with van der Waals surface area (Å²) in [5.74, 6) is -1.87. The third-order valence-electron chi connectivity index (χ3n) is 7.75. The third-order valence-corrected chi connectivity index (χ3v) is 7.75. The number of aryl methyl sites for hydroxylation is 3. The third kappa shape index (κ3) is 5.81. The highest BCUT2D eigenvalue weighted by Crippen LogP contribution is 2.37. The van der Waals surface area contributed by atoms with Gasteiger partial charge in [-0.15, -0.1) is 0 Å². The summed E-state index contributed by atoms with van der Waals surface area (Å²) in [6, 6.07) is 5.38. The van der Waals surface area contributed by atoms with E-state index in [-0.39, 0.29) is 11.6 Å². The van der Waals surface area contributed by atoms with Crippen molar-refractivity contribution in [1.29, 1.82) is 0 Å². The van der Waals surface area contributed by atoms with Crippen LogP contribution in [0.3, 0.4) is 0 Å². The van der Waals surface area contributed by atoms with E-state index in [4.69, 9.17) is 9.72 Å². The van der Waals surface area contributed by atoms with Gasteiger partial charge in [-0.05, 0) is 75.0 Å². The molecule has 0 unspecified atom stereocenters. The highest BCUT2D eigenvalue weighted by Gasteiger charge is 2.42. The first-order chi connectivity index (χ1) is 19.0. The Morgan fingerprint density at radius 3 is 2.23 bits per heavy atom. The van der Waals surface area contributed by atoms with E-state index in [1.54, 1.807) is 26.8 Å². The number of aromatic nitrogens is 2. The van der Waals surface area contributed by atoms with Crippen LogP contribution in [0.1, 0.15) is 47.1 Å². The Labute approximate surface area is 231 Å². The second-order valence-corrected chi connectivity index (χ2v) is 10.9. The van der Waals surface area contributed by atoms with Crippen LogP contribution >= 0.6 is 0 Å². The Kier molecular flexibility index (Phi) is 8.05. The van der Waals surface area contributed by atoms with Crippen molar-refractivity contribution in [3.05, 3.63) is 51.8 Å². The number of piperidine rings is 1. The normalized spacial score (nSPS) is 17.0. The molecular formula is C29H35F4N5O2. The number of esters is 1. The number of hydrogen-bond donors (Lipinski definition) is 1. The van der Waals surface area contributed by atoms with Crippen LogP contribution in [0, 0.1) is 26.6 Å². The number of imidazole rings is 1. The quantitative estimate of drug-likeness (QED) is 0.259. The van der Waals surface area contributed by atoms with Gasteiger partial charge >= 0.3 is 12.1 Å². The molecule has 3 heterocycles. The summed E-state index contributed by atoms with van der Waals surface area (Å²) in [6.07, 6.45) is -2.02. The minimum atomic E-state index is -5.12. The SMILES string of the molecule is Cc1cc(Cn2c(N3CCNCC3)nc3c(CN4CCCCC4)c(OC(=O)C(F)(F)F)c(C)cc32)cc(C)c1F. The van der Waals surface area contributed by atoms with Crippen LogP contribution in [0.15, 0.2) is 18.2 Å². The molecule has 2 fully saturated rings. The molecular weight excluding hydrogens is 526 g/mol. The fourth-order valence-corrected chi connectivity index (χ4v) is 5.79. The van der Waals surface area contributed by atoms with Crippen LogP contribution in [0.5, 0.6) is 5.75 Å². The maximum atomic E-state index is 14.4. The van der Waals surface area contributed by atoms with Gasteiger partial charge in [0.15, 0.2) is 0 Å². The number of nitrogens with one attached hydrogen (secondary N) is 1. The summed E-state index contributed by atoms with van der Waals surface area (Å²) in [7, 11) is 0. The molecule has 1 aromatic heterocycles. The Balaban J connectivity index is 1.69. The largest absolute Gasteiger partial charge is 0.491 e. The lowest BCUT2D eigenvalue weighted by Gasteiger charge is -2.29. The molecule has 0 aliphatic carbocycles. The lowest BCUT2D eigenvalue weighted by molar-refractivity contribution is -0.189. The van der Waals surface area contributed by atoms with Crippen LogP contribution in [-0.2, 0) is 17.9 Å². The molecule has 2 aromatic carbocycles. The minimum Gasteiger partial charge on any atom is -0.419 e. The number of rotatable bonds is 6. The number of carbonyl (C=O) groups is 1. The zero-order chi connectivity index (χ0) is 28.6. The predicted octanol–water partition coefficient (Wildman–Crippen LogP) is 5.01. The molecule has 0 saturated carbocycles. The molecule has 2 saturated heterocycles. The standard InChI is InChI=1S/C29H35F4N5O2/c1-18-13-21(14-19(2)24(18)30)16-38-23-15-20(3)26(40-27(39)29(31,32)33)22(17-36-9-5-4-6-10-36)25(23)35-28(38)37-11-7-34-8-12-37/h13-15,34H,4-12,16-17H2,1-3H3. The molecule has 216 valence electrons. The first kappa shape index (κ1) is 28.4. The van der Waals surface area contributed by atoms with Gasteiger partial charge in [0.2, 0.25) is 5.95 Å². The Morgan fingerprint density at radius 1 is 0.950 bits per heavy atom. The Bertz CT molecular complexity index is 1380. The number of likely N-dealkylation sites (tertiary alicyclic amines) is 1. The van der Waals surface area contributed by atoms with Gasteiger partial charge < -0.3 is 19.5 Å². The van der Waals surface area contributed by atoms with Gasteiger partial charge in [0, 0.05) is 38.3 Å². The van der Waals surface area contributed by atoms with Crippen molar-refractivity contribution in [1.82, 2.24) is 19.8 Å². The molecule has 5 rings (SSSR count). The molecule has 0 radical (unpaired) electrons. The van der Waals surface area contributed by atoms with Crippen molar-refractivity contribution in [3.8, 4) is 5.75 Å². The summed E-state index contributed by atoms with van der Waals surface area (Å²) in [6.45, 7) is 10.4. The van der Waals surface area contributed by atoms with Gasteiger partial charge in [-0.3, -0.25) is 4.90 Å². The molecule has 0 spiro atoms. The van der Waals surface area contributed by atoms with Crippen molar-refractivity contribution in [2.45, 2.75) is 59.3 Å². The van der Waals surface area contributed by atoms with E-state index in [1.807, 2.05) is 12.1 Å². The van der Waals surface area contributed by atoms with Crippen molar-refractivity contribution < 1.29 is 27.1 Å². The lowest BCUT2D eigenvalue weighted by atomic mass is 10.0. The number of hydrogen-bond acceptors (Lipinski definition) is 6. The first-order valence-electron chi connectivity index (χ1n) is 13.8. The second-order valence-electron chi connectivity index (χ2n) is 10.9. The van der Waals surface area contributed by atoms with Crippen LogP contribution in [0.4, 0.5) is 23.5 Å². The van der Waals surface area contributed by atoms with E-state index < -0.39 is 12.1 Å². The van der Waals surface area contributed by atoms with Gasteiger partial charge in [0.05, 0.1) is 17.6 Å². The number of halogens is 4. The van der Waals surface area contributed by atoms with Crippen LogP contribution in [0.2, 0.25) is 0 Å². The smallest absolute Gasteiger partial charge is 0.419 e. The zero-order valence-corrected chi connectivity index (χ0v) is 23.1. The number of piperazine rings is 1. The average Bonchev–Trinajstić information content (AvgIpc) is 3.27. The number of alkyl halides is 3. The van der Waals surface area contributed by atoms with Gasteiger partial charge in [0.1, 0.15) is 11.6 Å². The molecule has 40 heavy (non-hydrogen) atoms. The minimum absolute atomic E-state index is 0.0784. The maximum Gasteiger partial charge on any atom is 0.491 e. The number of fused-ring (bicyclic) bond motifs is 1. The van der Waals surface area contributed by atoms with Crippen molar-refractivity contribution >= 4 is 23.0 Å². The zero-order valence-electron chi connectivity index (χ0n) is 23.1. The van der Waals surface area contributed by atoms with E-state index in [0.29, 0.717) is 59.9 Å². The van der Waals surface area contributed by atoms with Crippen molar-refractivity contribution in [2.24, 2.45) is 0 Å². The monoisotopic (exact) mass is 561 g/mol. The first-order valence-corrected chi connectivity index (χ1v) is 13.8. The van der Waals surface area contributed by atoms with Crippen molar-refractivity contribution in [2.75, 3.05) is 44.2 Å². The second kappa shape index (κ2) is 11.4. The maximum absolute atomic E-state index is 14.4. The van der Waals surface area contributed by atoms with E-state index in [2.05, 4.69) is 19.7 Å². The highest BCUT2D eigenvalue weighted by molar-refractivity contribution is 5.88. The fourth-order valence-electron chi connectivity index (χ4n) is 5.79. The van der Waals surface area contributed by atoms with Gasteiger partial charge in [0.25, 0.3) is 0 Å².